The molecule has 0 atom stereocenters. The Morgan fingerprint density at radius 1 is 1.06 bits per heavy atom. The molecule has 0 amide bonds. The molecule has 0 saturated carbocycles. The van der Waals surface area contributed by atoms with Gasteiger partial charge in [0.25, 0.3) is 0 Å². The van der Waals surface area contributed by atoms with Gasteiger partial charge in [-0.1, -0.05) is 37.6 Å². The number of nitrogens with one attached hydrogen (secondary N) is 1. The molecule has 1 N–H and O–H groups in total. The molecule has 0 bridgehead atoms. The number of ether oxygens (including phenoxy) is 1. The van der Waals surface area contributed by atoms with Gasteiger partial charge < -0.3 is 9.72 Å². The van der Waals surface area contributed by atoms with Crippen LogP contribution >= 0.6 is 0 Å². The lowest BCUT2D eigenvalue weighted by Gasteiger charge is -2.36. The zero-order valence-corrected chi connectivity index (χ0v) is 19.1. The van der Waals surface area contributed by atoms with Crippen LogP contribution in [0.2, 0.25) is 0 Å². The van der Waals surface area contributed by atoms with Crippen molar-refractivity contribution < 1.29 is 4.74 Å². The summed E-state index contributed by atoms with van der Waals surface area (Å²) in [5.74, 6) is 0. The van der Waals surface area contributed by atoms with Gasteiger partial charge in [0.05, 0.1) is 23.8 Å². The fourth-order valence-corrected chi connectivity index (χ4v) is 4.14. The van der Waals surface area contributed by atoms with Gasteiger partial charge in [0.1, 0.15) is 0 Å². The van der Waals surface area contributed by atoms with E-state index in [-0.39, 0.29) is 0 Å². The minimum atomic E-state index is 0.467. The maximum Gasteiger partial charge on any atom is 0.317 e. The van der Waals surface area contributed by atoms with E-state index in [1.54, 1.807) is 0 Å². The number of unbranched alkanes of at least 4 members (excludes halogenated alkanes) is 1. The summed E-state index contributed by atoms with van der Waals surface area (Å²) >= 11 is 0. The lowest BCUT2D eigenvalue weighted by Crippen LogP contribution is -2.48. The molecule has 166 valence electrons. The molecule has 3 heterocycles. The lowest BCUT2D eigenvalue weighted by molar-refractivity contribution is 0.104. The Balaban J connectivity index is 1.36. The van der Waals surface area contributed by atoms with Crippen LogP contribution in [0.5, 0.6) is 6.01 Å². The number of aromatic nitrogens is 3. The number of hydrogen-bond donors (Lipinski definition) is 1. The van der Waals surface area contributed by atoms with Crippen molar-refractivity contribution in [2.75, 3.05) is 32.8 Å². The maximum absolute atomic E-state index is 5.69. The molecule has 0 aliphatic carbocycles. The van der Waals surface area contributed by atoms with Crippen LogP contribution in [0.25, 0.3) is 11.0 Å². The smallest absolute Gasteiger partial charge is 0.317 e. The molecule has 1 aliphatic rings. The quantitative estimate of drug-likeness (QED) is 0.524. The van der Waals surface area contributed by atoms with E-state index in [9.17, 15) is 0 Å². The van der Waals surface area contributed by atoms with Crippen LogP contribution in [-0.2, 0) is 13.0 Å². The first kappa shape index (κ1) is 21.8. The predicted molar refractivity (Wildman–Crippen MR) is 126 cm³/mol. The van der Waals surface area contributed by atoms with Gasteiger partial charge in [-0.15, -0.1) is 0 Å². The Bertz CT molecular complexity index is 958. The zero-order valence-electron chi connectivity index (χ0n) is 19.1. The molecule has 0 unspecified atom stereocenters. The highest BCUT2D eigenvalue weighted by Crippen LogP contribution is 2.21. The summed E-state index contributed by atoms with van der Waals surface area (Å²) in [6.45, 7) is 13.1. The lowest BCUT2D eigenvalue weighted by atomic mass is 10.0. The van der Waals surface area contributed by atoms with Gasteiger partial charge in [-0.05, 0) is 31.4 Å². The normalized spacial score (nSPS) is 15.7. The average molecular weight is 422 g/mol. The Kier molecular flexibility index (Phi) is 7.20. The monoisotopic (exact) mass is 421 g/mol. The van der Waals surface area contributed by atoms with Crippen molar-refractivity contribution in [2.45, 2.75) is 52.6 Å². The van der Waals surface area contributed by atoms with Crippen molar-refractivity contribution in [1.82, 2.24) is 24.8 Å². The van der Waals surface area contributed by atoms with Crippen molar-refractivity contribution in [1.29, 1.82) is 0 Å². The molecule has 4 rings (SSSR count). The van der Waals surface area contributed by atoms with Crippen LogP contribution in [-0.4, -0.2) is 63.6 Å². The summed E-state index contributed by atoms with van der Waals surface area (Å²) in [4.78, 5) is 17.4. The van der Waals surface area contributed by atoms with E-state index in [1.807, 2.05) is 12.4 Å². The highest BCUT2D eigenvalue weighted by Gasteiger charge is 2.18. The summed E-state index contributed by atoms with van der Waals surface area (Å²) in [5, 5.41) is 0. The van der Waals surface area contributed by atoms with Gasteiger partial charge in [0, 0.05) is 56.9 Å². The number of H-pyrrole nitrogens is 1. The number of fused-ring (bicyclic) bond motifs is 1. The molecule has 6 heteroatoms. The molecule has 3 aromatic rings. The van der Waals surface area contributed by atoms with Gasteiger partial charge in [0.15, 0.2) is 0 Å². The number of aromatic amines is 1. The SMILES string of the molecule is CCCCOc1ncc2[nH]cc(Cc3ccc(CN4CCN(C(C)C)CC4)cc3)c2n1. The molecule has 0 radical (unpaired) electrons. The molecule has 2 aromatic heterocycles. The predicted octanol–water partition coefficient (Wildman–Crippen LogP) is 4.25. The molecule has 1 aromatic carbocycles. The second kappa shape index (κ2) is 10.2. The summed E-state index contributed by atoms with van der Waals surface area (Å²) < 4.78 is 5.69. The van der Waals surface area contributed by atoms with Crippen LogP contribution in [0.15, 0.2) is 36.7 Å². The molecule has 6 nitrogen and oxygen atoms in total. The van der Waals surface area contributed by atoms with E-state index in [4.69, 9.17) is 4.74 Å². The summed E-state index contributed by atoms with van der Waals surface area (Å²) in [7, 11) is 0. The third kappa shape index (κ3) is 5.63. The molecule has 1 aliphatic heterocycles. The van der Waals surface area contributed by atoms with Gasteiger partial charge in [0.2, 0.25) is 0 Å². The molecule has 0 spiro atoms. The highest BCUT2D eigenvalue weighted by molar-refractivity contribution is 5.78. The molecule has 1 saturated heterocycles. The molecule has 31 heavy (non-hydrogen) atoms. The first-order chi connectivity index (χ1) is 15.1. The van der Waals surface area contributed by atoms with E-state index in [2.05, 4.69) is 69.8 Å². The number of rotatable bonds is 9. The van der Waals surface area contributed by atoms with E-state index in [1.165, 1.54) is 29.8 Å². The fraction of sp³-hybridized carbons (Fsp3) is 0.520. The molecular weight excluding hydrogens is 386 g/mol. The largest absolute Gasteiger partial charge is 0.463 e. The third-order valence-electron chi connectivity index (χ3n) is 6.16. The number of piperazine rings is 1. The van der Waals surface area contributed by atoms with E-state index < -0.39 is 0 Å². The zero-order chi connectivity index (χ0) is 21.6. The van der Waals surface area contributed by atoms with E-state index in [0.29, 0.717) is 18.7 Å². The standard InChI is InChI=1S/C25H35N5O/c1-4-5-14-31-25-27-17-23-24(28-25)22(16-26-23)15-20-6-8-21(9-7-20)18-29-10-12-30(13-11-29)19(2)3/h6-9,16-17,19,26H,4-5,10-15,18H2,1-3H3. The topological polar surface area (TPSA) is 57.3 Å². The van der Waals surface area contributed by atoms with Crippen molar-refractivity contribution in [3.8, 4) is 6.01 Å². The minimum absolute atomic E-state index is 0.467. The highest BCUT2D eigenvalue weighted by atomic mass is 16.5. The van der Waals surface area contributed by atoms with Gasteiger partial charge in [-0.3, -0.25) is 9.80 Å². The summed E-state index contributed by atoms with van der Waals surface area (Å²) in [6.07, 6.45) is 6.81. The first-order valence-corrected chi connectivity index (χ1v) is 11.6. The van der Waals surface area contributed by atoms with E-state index >= 15 is 0 Å². The van der Waals surface area contributed by atoms with Crippen LogP contribution in [0.1, 0.15) is 50.3 Å². The van der Waals surface area contributed by atoms with Crippen molar-refractivity contribution in [2.24, 2.45) is 0 Å². The van der Waals surface area contributed by atoms with Crippen LogP contribution < -0.4 is 4.74 Å². The number of nitrogens with zero attached hydrogens (tertiary/aromatic N) is 4. The first-order valence-electron chi connectivity index (χ1n) is 11.6. The summed E-state index contributed by atoms with van der Waals surface area (Å²) in [5.41, 5.74) is 5.76. The van der Waals surface area contributed by atoms with Gasteiger partial charge >= 0.3 is 6.01 Å². The Morgan fingerprint density at radius 3 is 2.52 bits per heavy atom. The van der Waals surface area contributed by atoms with E-state index in [0.717, 1.165) is 49.9 Å². The fourth-order valence-electron chi connectivity index (χ4n) is 4.14. The van der Waals surface area contributed by atoms with Crippen LogP contribution in [0.4, 0.5) is 0 Å². The van der Waals surface area contributed by atoms with Crippen LogP contribution in [0.3, 0.4) is 0 Å². The molecule has 1 fully saturated rings. The van der Waals surface area contributed by atoms with Crippen molar-refractivity contribution in [3.05, 3.63) is 53.3 Å². The number of hydrogen-bond acceptors (Lipinski definition) is 5. The van der Waals surface area contributed by atoms with Crippen molar-refractivity contribution >= 4 is 11.0 Å². The van der Waals surface area contributed by atoms with Gasteiger partial charge in [-0.25, -0.2) is 4.98 Å². The average Bonchev–Trinajstić information content (AvgIpc) is 3.18. The maximum atomic E-state index is 5.69. The minimum Gasteiger partial charge on any atom is -0.463 e. The second-order valence-corrected chi connectivity index (χ2v) is 8.83. The Morgan fingerprint density at radius 2 is 1.81 bits per heavy atom. The van der Waals surface area contributed by atoms with Gasteiger partial charge in [-0.2, -0.15) is 4.98 Å². The van der Waals surface area contributed by atoms with Crippen molar-refractivity contribution in [3.63, 3.8) is 0 Å². The Labute approximate surface area is 185 Å². The molecular formula is C25H35N5O. The third-order valence-corrected chi connectivity index (χ3v) is 6.16. The Hall–Kier alpha value is -2.44. The second-order valence-electron chi connectivity index (χ2n) is 8.83. The number of benzene rings is 1. The van der Waals surface area contributed by atoms with Crippen LogP contribution in [0, 0.1) is 0 Å². The summed E-state index contributed by atoms with van der Waals surface area (Å²) in [6, 6.07) is 10.2.